The Kier molecular flexibility index (Phi) is 6.42. The SMILES string of the molecule is CC(C)(C)OC(=O)N1CCC(CN2Cc3cccnc3N(c3ccc(F)c(C#N)c3)C2=O)CC1. The minimum absolute atomic E-state index is 0.130. The summed E-state index contributed by atoms with van der Waals surface area (Å²) in [5.74, 6) is 0.0788. The zero-order chi connectivity index (χ0) is 24.5. The number of carbonyl (C=O) groups excluding carboxylic acids is 2. The Morgan fingerprint density at radius 1 is 1.26 bits per heavy atom. The van der Waals surface area contributed by atoms with E-state index in [0.717, 1.165) is 18.4 Å². The van der Waals surface area contributed by atoms with Crippen LogP contribution in [0.1, 0.15) is 44.7 Å². The molecule has 1 aromatic carbocycles. The molecular formula is C25H28FN5O3. The zero-order valence-corrected chi connectivity index (χ0v) is 19.6. The first-order valence-corrected chi connectivity index (χ1v) is 11.4. The third-order valence-corrected chi connectivity index (χ3v) is 5.98. The summed E-state index contributed by atoms with van der Waals surface area (Å²) < 4.78 is 19.4. The Hall–Kier alpha value is -3.67. The third kappa shape index (κ3) is 4.96. The number of pyridine rings is 1. The molecule has 9 heteroatoms. The minimum Gasteiger partial charge on any atom is -0.444 e. The van der Waals surface area contributed by atoms with Crippen molar-refractivity contribution in [1.29, 1.82) is 5.26 Å². The number of anilines is 2. The number of halogens is 1. The number of amides is 3. The normalized spacial score (nSPS) is 16.8. The second-order valence-electron chi connectivity index (χ2n) is 9.67. The van der Waals surface area contributed by atoms with Gasteiger partial charge in [0.1, 0.15) is 23.3 Å². The molecule has 0 atom stereocenters. The van der Waals surface area contributed by atoms with Crippen LogP contribution in [0.4, 0.5) is 25.5 Å². The van der Waals surface area contributed by atoms with E-state index in [0.29, 0.717) is 37.7 Å². The number of ether oxygens (including phenoxy) is 1. The molecule has 34 heavy (non-hydrogen) atoms. The second kappa shape index (κ2) is 9.29. The van der Waals surface area contributed by atoms with Crippen LogP contribution in [0.25, 0.3) is 0 Å². The van der Waals surface area contributed by atoms with Gasteiger partial charge in [-0.05, 0) is 63.8 Å². The average Bonchev–Trinajstić information content (AvgIpc) is 2.79. The highest BCUT2D eigenvalue weighted by atomic mass is 19.1. The van der Waals surface area contributed by atoms with Gasteiger partial charge in [0.05, 0.1) is 17.8 Å². The van der Waals surface area contributed by atoms with E-state index in [-0.39, 0.29) is 23.6 Å². The maximum Gasteiger partial charge on any atom is 0.410 e. The summed E-state index contributed by atoms with van der Waals surface area (Å²) in [6, 6.07) is 9.33. The summed E-state index contributed by atoms with van der Waals surface area (Å²) >= 11 is 0. The number of aromatic nitrogens is 1. The molecule has 0 spiro atoms. The predicted octanol–water partition coefficient (Wildman–Crippen LogP) is 4.81. The predicted molar refractivity (Wildman–Crippen MR) is 124 cm³/mol. The van der Waals surface area contributed by atoms with Crippen molar-refractivity contribution in [2.75, 3.05) is 24.5 Å². The summed E-state index contributed by atoms with van der Waals surface area (Å²) in [5.41, 5.74) is 0.600. The minimum atomic E-state index is -0.634. The Morgan fingerprint density at radius 2 is 2.00 bits per heavy atom. The van der Waals surface area contributed by atoms with E-state index in [2.05, 4.69) is 4.98 Å². The fourth-order valence-corrected chi connectivity index (χ4v) is 4.31. The number of hydrogen-bond donors (Lipinski definition) is 0. The van der Waals surface area contributed by atoms with Crippen LogP contribution in [-0.2, 0) is 11.3 Å². The van der Waals surface area contributed by atoms with Crippen LogP contribution in [0.15, 0.2) is 36.5 Å². The van der Waals surface area contributed by atoms with Gasteiger partial charge in [-0.25, -0.2) is 23.9 Å². The van der Waals surface area contributed by atoms with Crippen molar-refractivity contribution < 1.29 is 18.7 Å². The number of carbonyl (C=O) groups is 2. The van der Waals surface area contributed by atoms with Crippen molar-refractivity contribution >= 4 is 23.6 Å². The largest absolute Gasteiger partial charge is 0.444 e. The van der Waals surface area contributed by atoms with Crippen molar-refractivity contribution in [1.82, 2.24) is 14.8 Å². The van der Waals surface area contributed by atoms with Gasteiger partial charge in [-0.2, -0.15) is 5.26 Å². The molecule has 0 radical (unpaired) electrons. The zero-order valence-electron chi connectivity index (χ0n) is 19.6. The smallest absolute Gasteiger partial charge is 0.410 e. The lowest BCUT2D eigenvalue weighted by molar-refractivity contribution is 0.0173. The number of likely N-dealkylation sites (tertiary alicyclic amines) is 1. The van der Waals surface area contributed by atoms with E-state index >= 15 is 0 Å². The molecule has 3 amide bonds. The highest BCUT2D eigenvalue weighted by Crippen LogP contribution is 2.35. The molecule has 1 saturated heterocycles. The van der Waals surface area contributed by atoms with Crippen LogP contribution in [0, 0.1) is 23.1 Å². The molecule has 8 nitrogen and oxygen atoms in total. The summed E-state index contributed by atoms with van der Waals surface area (Å²) in [6.45, 7) is 7.63. The molecule has 3 heterocycles. The molecule has 2 aliphatic rings. The van der Waals surface area contributed by atoms with Crippen molar-refractivity contribution in [3.8, 4) is 6.07 Å². The molecule has 0 N–H and O–H groups in total. The molecule has 0 saturated carbocycles. The highest BCUT2D eigenvalue weighted by Gasteiger charge is 2.35. The highest BCUT2D eigenvalue weighted by molar-refractivity contribution is 6.00. The molecule has 2 aliphatic heterocycles. The first kappa shape index (κ1) is 23.5. The number of rotatable bonds is 3. The molecule has 0 bridgehead atoms. The molecular weight excluding hydrogens is 437 g/mol. The van der Waals surface area contributed by atoms with E-state index < -0.39 is 11.4 Å². The van der Waals surface area contributed by atoms with Crippen molar-refractivity contribution in [2.24, 2.45) is 5.92 Å². The van der Waals surface area contributed by atoms with Crippen LogP contribution in [-0.4, -0.2) is 52.1 Å². The van der Waals surface area contributed by atoms with Gasteiger partial charge in [-0.1, -0.05) is 6.07 Å². The van der Waals surface area contributed by atoms with Gasteiger partial charge >= 0.3 is 12.1 Å². The quantitative estimate of drug-likeness (QED) is 0.649. The van der Waals surface area contributed by atoms with E-state index in [9.17, 15) is 19.2 Å². The van der Waals surface area contributed by atoms with E-state index in [1.165, 1.54) is 23.1 Å². The average molecular weight is 466 g/mol. The maximum absolute atomic E-state index is 13.9. The molecule has 1 aromatic heterocycles. The number of hydrogen-bond acceptors (Lipinski definition) is 5. The summed E-state index contributed by atoms with van der Waals surface area (Å²) in [5, 5.41) is 9.24. The lowest BCUT2D eigenvalue weighted by atomic mass is 9.96. The Morgan fingerprint density at radius 3 is 2.68 bits per heavy atom. The van der Waals surface area contributed by atoms with Crippen molar-refractivity contribution in [2.45, 2.75) is 45.8 Å². The number of fused-ring (bicyclic) bond motifs is 1. The topological polar surface area (TPSA) is 89.8 Å². The number of urea groups is 1. The monoisotopic (exact) mass is 465 g/mol. The summed E-state index contributed by atoms with van der Waals surface area (Å²) in [4.78, 5) is 35.2. The van der Waals surface area contributed by atoms with Crippen LogP contribution in [0.3, 0.4) is 0 Å². The van der Waals surface area contributed by atoms with Gasteiger partial charge in [0.2, 0.25) is 0 Å². The van der Waals surface area contributed by atoms with Crippen molar-refractivity contribution in [3.63, 3.8) is 0 Å². The van der Waals surface area contributed by atoms with Gasteiger partial charge in [0, 0.05) is 31.4 Å². The molecule has 178 valence electrons. The summed E-state index contributed by atoms with van der Waals surface area (Å²) in [6.07, 6.45) is 2.82. The number of nitrogens with zero attached hydrogens (tertiary/aromatic N) is 5. The standard InChI is InChI=1S/C25H28FN5O3/c1-25(2,3)34-24(33)29-11-8-17(9-12-29)15-30-16-18-5-4-10-28-22(18)31(23(30)32)20-6-7-21(26)19(13-20)14-27/h4-7,10,13,17H,8-9,11-12,15-16H2,1-3H3. The Balaban J connectivity index is 1.50. The van der Waals surface area contributed by atoms with E-state index in [1.807, 2.05) is 39.0 Å². The molecule has 4 rings (SSSR count). The Bertz CT molecular complexity index is 1130. The van der Waals surface area contributed by atoms with E-state index in [1.54, 1.807) is 16.0 Å². The van der Waals surface area contributed by atoms with Crippen LogP contribution >= 0.6 is 0 Å². The molecule has 0 aliphatic carbocycles. The Labute approximate surface area is 198 Å². The van der Waals surface area contributed by atoms with Gasteiger partial charge in [-0.3, -0.25) is 0 Å². The number of nitriles is 1. The lowest BCUT2D eigenvalue weighted by Crippen LogP contribution is -2.49. The number of benzene rings is 1. The van der Waals surface area contributed by atoms with Crippen molar-refractivity contribution in [3.05, 3.63) is 53.5 Å². The van der Waals surface area contributed by atoms with Crippen LogP contribution in [0.2, 0.25) is 0 Å². The number of piperidine rings is 1. The van der Waals surface area contributed by atoms with Gasteiger partial charge < -0.3 is 14.5 Å². The van der Waals surface area contributed by atoms with Gasteiger partial charge in [0.25, 0.3) is 0 Å². The van der Waals surface area contributed by atoms with E-state index in [4.69, 9.17) is 4.74 Å². The molecule has 1 fully saturated rings. The maximum atomic E-state index is 13.9. The fraction of sp³-hybridized carbons (Fsp3) is 0.440. The second-order valence-corrected chi connectivity index (χ2v) is 9.67. The summed E-state index contributed by atoms with van der Waals surface area (Å²) in [7, 11) is 0. The lowest BCUT2D eigenvalue weighted by Gasteiger charge is -2.39. The van der Waals surface area contributed by atoms with Gasteiger partial charge in [-0.15, -0.1) is 0 Å². The van der Waals surface area contributed by atoms with Crippen LogP contribution < -0.4 is 4.90 Å². The molecule has 0 unspecified atom stereocenters. The van der Waals surface area contributed by atoms with Gasteiger partial charge in [0.15, 0.2) is 0 Å². The van der Waals surface area contributed by atoms with Crippen LogP contribution in [0.5, 0.6) is 0 Å². The first-order chi connectivity index (χ1) is 16.2. The fourth-order valence-electron chi connectivity index (χ4n) is 4.31. The first-order valence-electron chi connectivity index (χ1n) is 11.4. The molecule has 2 aromatic rings. The third-order valence-electron chi connectivity index (χ3n) is 5.98.